The third-order valence-corrected chi connectivity index (χ3v) is 6.64. The summed E-state index contributed by atoms with van der Waals surface area (Å²) in [5, 5.41) is 15.4. The van der Waals surface area contributed by atoms with Crippen molar-refractivity contribution in [2.24, 2.45) is 18.9 Å². The van der Waals surface area contributed by atoms with Crippen molar-refractivity contribution >= 4 is 22.7 Å². The van der Waals surface area contributed by atoms with Crippen LogP contribution in [0.15, 0.2) is 45.7 Å². The molecule has 0 aliphatic heterocycles. The number of hydrogen-bond donors (Lipinski definition) is 1. The predicted molar refractivity (Wildman–Crippen MR) is 123 cm³/mol. The first kappa shape index (κ1) is 20.7. The van der Waals surface area contributed by atoms with Crippen molar-refractivity contribution in [1.82, 2.24) is 34.7 Å². The summed E-state index contributed by atoms with van der Waals surface area (Å²) in [6, 6.07) is 10.5. The Balaban J connectivity index is 1.18. The third-order valence-electron chi connectivity index (χ3n) is 6.64. The van der Waals surface area contributed by atoms with Gasteiger partial charge in [0.2, 0.25) is 17.5 Å². The Hall–Kier alpha value is -3.86. The number of hydrogen-bond acceptors (Lipinski definition) is 9. The Labute approximate surface area is 194 Å². The molecule has 0 amide bonds. The maximum atomic E-state index is 13.0. The minimum absolute atomic E-state index is 0.0551. The lowest BCUT2D eigenvalue weighted by Crippen LogP contribution is -2.26. The van der Waals surface area contributed by atoms with E-state index in [0.717, 1.165) is 6.42 Å². The van der Waals surface area contributed by atoms with Crippen molar-refractivity contribution in [3.05, 3.63) is 64.0 Å². The zero-order valence-electron chi connectivity index (χ0n) is 18.9. The topological polar surface area (TPSA) is 126 Å². The van der Waals surface area contributed by atoms with Crippen LogP contribution in [0.4, 0.5) is 5.95 Å². The molecule has 2 aliphatic carbocycles. The quantitative estimate of drug-likeness (QED) is 0.392. The van der Waals surface area contributed by atoms with Crippen molar-refractivity contribution in [3.8, 4) is 0 Å². The molecule has 34 heavy (non-hydrogen) atoms. The number of fused-ring (bicyclic) bond motifs is 2. The van der Waals surface area contributed by atoms with Gasteiger partial charge in [0, 0.05) is 26.6 Å². The first-order chi connectivity index (χ1) is 16.6. The normalized spacial score (nSPS) is 21.0. The van der Waals surface area contributed by atoms with E-state index in [1.165, 1.54) is 15.8 Å². The van der Waals surface area contributed by atoms with Crippen molar-refractivity contribution in [2.75, 3.05) is 25.6 Å². The van der Waals surface area contributed by atoms with E-state index in [9.17, 15) is 4.79 Å². The number of anilines is 1. The van der Waals surface area contributed by atoms with Gasteiger partial charge in [0.1, 0.15) is 6.54 Å². The van der Waals surface area contributed by atoms with Gasteiger partial charge in [0.25, 0.3) is 5.56 Å². The summed E-state index contributed by atoms with van der Waals surface area (Å²) in [7, 11) is 3.38. The highest BCUT2D eigenvalue weighted by Crippen LogP contribution is 2.62. The van der Waals surface area contributed by atoms with E-state index in [0.29, 0.717) is 48.2 Å². The smallest absolute Gasteiger partial charge is 0.296 e. The maximum Gasteiger partial charge on any atom is 0.296 e. The Kier molecular flexibility index (Phi) is 4.98. The van der Waals surface area contributed by atoms with Crippen LogP contribution < -0.4 is 10.9 Å². The van der Waals surface area contributed by atoms with Crippen LogP contribution in [0.5, 0.6) is 0 Å². The number of aryl methyl sites for hydroxylation is 1. The van der Waals surface area contributed by atoms with E-state index in [1.807, 2.05) is 6.07 Å². The van der Waals surface area contributed by atoms with Crippen LogP contribution in [0.1, 0.15) is 29.6 Å². The molecule has 11 nitrogen and oxygen atoms in total. The second-order valence-corrected chi connectivity index (χ2v) is 8.71. The summed E-state index contributed by atoms with van der Waals surface area (Å²) >= 11 is 0. The summed E-state index contributed by atoms with van der Waals surface area (Å²) in [6.45, 7) is 1.13. The highest BCUT2D eigenvalue weighted by atomic mass is 16.5. The molecule has 0 saturated heterocycles. The van der Waals surface area contributed by atoms with Crippen molar-refractivity contribution in [3.63, 3.8) is 0 Å². The minimum Gasteiger partial charge on any atom is -0.383 e. The lowest BCUT2D eigenvalue weighted by molar-refractivity contribution is 0.210. The maximum absolute atomic E-state index is 13.0. The molecule has 174 valence electrons. The Morgan fingerprint density at radius 2 is 2.09 bits per heavy atom. The van der Waals surface area contributed by atoms with Gasteiger partial charge in [-0.15, -0.1) is 5.10 Å². The summed E-state index contributed by atoms with van der Waals surface area (Å²) < 4.78 is 13.4. The van der Waals surface area contributed by atoms with E-state index >= 15 is 0 Å². The third kappa shape index (κ3) is 3.48. The van der Waals surface area contributed by atoms with Gasteiger partial charge in [0.15, 0.2) is 11.3 Å². The number of allylic oxidation sites excluding steroid dienone is 2. The molecule has 6 rings (SSSR count). The lowest BCUT2D eigenvalue weighted by Gasteiger charge is -2.05. The summed E-state index contributed by atoms with van der Waals surface area (Å²) in [6.07, 6.45) is 3.36. The highest BCUT2D eigenvalue weighted by molar-refractivity contribution is 5.73. The first-order valence-electron chi connectivity index (χ1n) is 11.3. The summed E-state index contributed by atoms with van der Waals surface area (Å²) in [5.41, 5.74) is 2.98. The average Bonchev–Trinajstić information content (AvgIpc) is 3.23. The van der Waals surface area contributed by atoms with Gasteiger partial charge in [-0.1, -0.05) is 46.8 Å². The monoisotopic (exact) mass is 460 g/mol. The number of benzene rings is 1. The Bertz CT molecular complexity index is 1440. The number of rotatable bonds is 8. The van der Waals surface area contributed by atoms with Crippen LogP contribution in [-0.2, 0) is 18.3 Å². The molecule has 3 unspecified atom stereocenters. The summed E-state index contributed by atoms with van der Waals surface area (Å²) in [4.78, 5) is 21.9. The number of methoxy groups -OCH3 is 1. The standard InChI is InChI=1S/C23H24N8O3/c1-30-19-21(26-23(30)24-8-9-33-2)27-29-31(22(19)32)12-17-25-20(28-34-17)18-15-10-14(11-16(15)18)13-6-4-3-5-7-13/h3-7,10,15-16,18H,8-9,11-12H2,1-2H3,(H,24,26). The van der Waals surface area contributed by atoms with Gasteiger partial charge in [-0.25, -0.2) is 0 Å². The highest BCUT2D eigenvalue weighted by Gasteiger charge is 2.55. The fraction of sp³-hybridized carbons (Fsp3) is 0.391. The second kappa shape index (κ2) is 8.17. The van der Waals surface area contributed by atoms with Crippen LogP contribution >= 0.6 is 0 Å². The number of aromatic nitrogens is 7. The van der Waals surface area contributed by atoms with Gasteiger partial charge >= 0.3 is 0 Å². The van der Waals surface area contributed by atoms with E-state index in [1.54, 1.807) is 18.7 Å². The second-order valence-electron chi connectivity index (χ2n) is 8.71. The van der Waals surface area contributed by atoms with Crippen molar-refractivity contribution in [2.45, 2.75) is 18.9 Å². The molecule has 3 heterocycles. The Morgan fingerprint density at radius 3 is 2.85 bits per heavy atom. The predicted octanol–water partition coefficient (Wildman–Crippen LogP) is 1.83. The van der Waals surface area contributed by atoms with E-state index in [-0.39, 0.29) is 23.7 Å². The molecule has 2 aliphatic rings. The minimum atomic E-state index is -0.321. The van der Waals surface area contributed by atoms with Crippen LogP contribution in [0.2, 0.25) is 0 Å². The molecule has 1 N–H and O–H groups in total. The molecule has 4 aromatic rings. The molecule has 1 fully saturated rings. The molecule has 0 bridgehead atoms. The van der Waals surface area contributed by atoms with Gasteiger partial charge in [-0.2, -0.15) is 14.6 Å². The molecule has 11 heteroatoms. The van der Waals surface area contributed by atoms with Crippen molar-refractivity contribution < 1.29 is 9.26 Å². The van der Waals surface area contributed by atoms with Crippen LogP contribution in [0.25, 0.3) is 16.7 Å². The zero-order valence-corrected chi connectivity index (χ0v) is 18.9. The van der Waals surface area contributed by atoms with Crippen LogP contribution in [0, 0.1) is 11.8 Å². The molecule has 0 spiro atoms. The van der Waals surface area contributed by atoms with Gasteiger partial charge < -0.3 is 19.1 Å². The SMILES string of the molecule is COCCNc1nc2nnn(Cc3nc(C4C5C=C(c6ccccc6)CC54)no3)c(=O)c2n1C. The van der Waals surface area contributed by atoms with Gasteiger partial charge in [0.05, 0.1) is 6.61 Å². The number of ether oxygens (including phenoxy) is 1. The molecule has 0 radical (unpaired) electrons. The first-order valence-corrected chi connectivity index (χ1v) is 11.3. The van der Waals surface area contributed by atoms with Gasteiger partial charge in [-0.3, -0.25) is 4.79 Å². The van der Waals surface area contributed by atoms with E-state index in [4.69, 9.17) is 9.26 Å². The zero-order chi connectivity index (χ0) is 23.2. The molecule has 3 aromatic heterocycles. The van der Waals surface area contributed by atoms with E-state index < -0.39 is 0 Å². The fourth-order valence-corrected chi connectivity index (χ4v) is 4.85. The molecule has 1 saturated carbocycles. The van der Waals surface area contributed by atoms with Crippen LogP contribution in [-0.4, -0.2) is 54.9 Å². The van der Waals surface area contributed by atoms with Crippen molar-refractivity contribution in [1.29, 1.82) is 0 Å². The average molecular weight is 460 g/mol. The van der Waals surface area contributed by atoms with Gasteiger partial charge in [-0.05, 0) is 29.4 Å². The number of nitrogens with zero attached hydrogens (tertiary/aromatic N) is 7. The van der Waals surface area contributed by atoms with E-state index in [2.05, 4.69) is 61.1 Å². The van der Waals surface area contributed by atoms with Crippen LogP contribution in [0.3, 0.4) is 0 Å². The molecular weight excluding hydrogens is 436 g/mol. The summed E-state index contributed by atoms with van der Waals surface area (Å²) in [5.74, 6) is 2.78. The molecular formula is C23H24N8O3. The Morgan fingerprint density at radius 1 is 1.24 bits per heavy atom. The fourth-order valence-electron chi connectivity index (χ4n) is 4.85. The number of nitrogens with one attached hydrogen (secondary N) is 1. The molecule has 1 aromatic carbocycles. The lowest BCUT2D eigenvalue weighted by atomic mass is 10.0. The largest absolute Gasteiger partial charge is 0.383 e. The number of imidazole rings is 1. The molecule has 3 atom stereocenters.